The van der Waals surface area contributed by atoms with Crippen molar-refractivity contribution >= 4 is 67.2 Å². The van der Waals surface area contributed by atoms with Gasteiger partial charge in [-0.3, -0.25) is 9.59 Å². The van der Waals surface area contributed by atoms with E-state index in [1.54, 1.807) is 60.7 Å². The van der Waals surface area contributed by atoms with Crippen molar-refractivity contribution in [1.82, 2.24) is 9.66 Å². The van der Waals surface area contributed by atoms with E-state index in [2.05, 4.69) is 26.3 Å². The Bertz CT molecular complexity index is 2130. The fraction of sp³-hybridized carbons (Fsp3) is 0.0625. The number of carbonyl (C=O) groups is 1. The number of hydrogen-bond acceptors (Lipinski definition) is 7. The van der Waals surface area contributed by atoms with Gasteiger partial charge < -0.3 is 19.2 Å². The Kier molecular flexibility index (Phi) is 8.14. The molecular weight excluding hydrogens is 655 g/mol. The number of anilines is 1. The van der Waals surface area contributed by atoms with Gasteiger partial charge in [0.15, 0.2) is 23.9 Å². The van der Waals surface area contributed by atoms with Gasteiger partial charge in [-0.1, -0.05) is 23.7 Å². The summed E-state index contributed by atoms with van der Waals surface area (Å²) in [5.41, 5.74) is 1.66. The second-order valence-corrected chi connectivity index (χ2v) is 10.8. The molecule has 0 bridgehead atoms. The van der Waals surface area contributed by atoms with Crippen LogP contribution in [-0.4, -0.2) is 35.5 Å². The number of hydrogen-bond donors (Lipinski definition) is 1. The first-order chi connectivity index (χ1) is 21.3. The summed E-state index contributed by atoms with van der Waals surface area (Å²) < 4.78 is 32.1. The lowest BCUT2D eigenvalue weighted by molar-refractivity contribution is -0.118. The highest BCUT2D eigenvalue weighted by Crippen LogP contribution is 2.33. The molecule has 2 aromatic heterocycles. The Morgan fingerprint density at radius 1 is 1.09 bits per heavy atom. The number of halogens is 3. The van der Waals surface area contributed by atoms with Gasteiger partial charge in [0.2, 0.25) is 5.82 Å². The molecule has 0 unspecified atom stereocenters. The van der Waals surface area contributed by atoms with E-state index < -0.39 is 17.3 Å². The van der Waals surface area contributed by atoms with Crippen LogP contribution >= 0.6 is 27.5 Å². The summed E-state index contributed by atoms with van der Waals surface area (Å²) in [6.07, 6.45) is 1.47. The molecule has 0 aliphatic carbocycles. The summed E-state index contributed by atoms with van der Waals surface area (Å²) in [6, 6.07) is 22.6. The highest BCUT2D eigenvalue weighted by molar-refractivity contribution is 9.10. The SMILES string of the molecule is COc1cc(C=Nn2c(-c3cc4cc(Cl)ccc4o3)nc3ccccc3c2=O)c(Br)cc1OCC(=O)Nc1ccc(F)cc1. The van der Waals surface area contributed by atoms with Gasteiger partial charge in [-0.15, -0.1) is 0 Å². The third-order valence-corrected chi connectivity index (χ3v) is 7.46. The van der Waals surface area contributed by atoms with Crippen LogP contribution in [0.2, 0.25) is 5.02 Å². The molecule has 220 valence electrons. The third kappa shape index (κ3) is 6.05. The largest absolute Gasteiger partial charge is 0.493 e. The topological polar surface area (TPSA) is 108 Å². The van der Waals surface area contributed by atoms with E-state index in [0.29, 0.717) is 48.7 Å². The molecule has 0 aliphatic heterocycles. The highest BCUT2D eigenvalue weighted by atomic mass is 79.9. The normalized spacial score (nSPS) is 11.4. The van der Waals surface area contributed by atoms with E-state index in [9.17, 15) is 14.0 Å². The van der Waals surface area contributed by atoms with E-state index in [0.717, 1.165) is 5.39 Å². The van der Waals surface area contributed by atoms with Crippen LogP contribution in [0.3, 0.4) is 0 Å². The van der Waals surface area contributed by atoms with Crippen LogP contribution in [0.4, 0.5) is 10.1 Å². The van der Waals surface area contributed by atoms with Crippen molar-refractivity contribution in [3.05, 3.63) is 116 Å². The quantitative estimate of drug-likeness (QED) is 0.170. The van der Waals surface area contributed by atoms with E-state index in [4.69, 9.17) is 30.5 Å². The standard InChI is InChI=1S/C32H21BrClFN4O5/c1-42-27-14-19(24(33)15-28(27)43-17-30(40)37-22-9-7-21(35)8-10-22)16-36-39-31(38-25-5-3-2-4-23(25)32(39)41)29-13-18-12-20(34)6-11-26(18)44-29/h2-16H,17H2,1H3,(H,37,40). The Morgan fingerprint density at radius 3 is 2.68 bits per heavy atom. The van der Waals surface area contributed by atoms with Gasteiger partial charge in [0, 0.05) is 26.1 Å². The zero-order valence-electron chi connectivity index (χ0n) is 22.9. The number of furan rings is 1. The molecule has 9 nitrogen and oxygen atoms in total. The number of aromatic nitrogens is 2. The van der Waals surface area contributed by atoms with Gasteiger partial charge in [0.05, 0.1) is 24.2 Å². The van der Waals surface area contributed by atoms with E-state index in [1.807, 2.05) is 0 Å². The minimum Gasteiger partial charge on any atom is -0.493 e. The van der Waals surface area contributed by atoms with Gasteiger partial charge in [-0.2, -0.15) is 9.78 Å². The number of methoxy groups -OCH3 is 1. The third-order valence-electron chi connectivity index (χ3n) is 6.53. The van der Waals surface area contributed by atoms with E-state index in [-0.39, 0.29) is 18.2 Å². The van der Waals surface area contributed by atoms with Crippen molar-refractivity contribution in [2.75, 3.05) is 19.0 Å². The van der Waals surface area contributed by atoms with Crippen LogP contribution < -0.4 is 20.3 Å². The van der Waals surface area contributed by atoms with Gasteiger partial charge in [-0.05, 0) is 88.7 Å². The zero-order valence-corrected chi connectivity index (χ0v) is 25.2. The number of nitrogens with one attached hydrogen (secondary N) is 1. The predicted octanol–water partition coefficient (Wildman–Crippen LogP) is 7.27. The molecule has 12 heteroatoms. The summed E-state index contributed by atoms with van der Waals surface area (Å²) in [5, 5.41) is 8.81. The van der Waals surface area contributed by atoms with Crippen LogP contribution in [0, 0.1) is 5.82 Å². The first-order valence-electron chi connectivity index (χ1n) is 13.1. The monoisotopic (exact) mass is 674 g/mol. The van der Waals surface area contributed by atoms with E-state index >= 15 is 0 Å². The molecule has 0 saturated heterocycles. The van der Waals surface area contributed by atoms with Crippen LogP contribution in [0.1, 0.15) is 5.56 Å². The molecule has 0 saturated carbocycles. The predicted molar refractivity (Wildman–Crippen MR) is 170 cm³/mol. The van der Waals surface area contributed by atoms with Crippen molar-refractivity contribution < 1.29 is 23.1 Å². The number of rotatable bonds is 8. The van der Waals surface area contributed by atoms with Crippen molar-refractivity contribution in [1.29, 1.82) is 0 Å². The van der Waals surface area contributed by atoms with Crippen LogP contribution in [0.15, 0.2) is 104 Å². The average molecular weight is 676 g/mol. The second-order valence-electron chi connectivity index (χ2n) is 9.48. The minimum atomic E-state index is -0.441. The molecule has 6 rings (SSSR count). The number of benzene rings is 4. The van der Waals surface area contributed by atoms with E-state index in [1.165, 1.54) is 42.3 Å². The van der Waals surface area contributed by atoms with Gasteiger partial charge in [0.25, 0.3) is 11.5 Å². The summed E-state index contributed by atoms with van der Waals surface area (Å²) in [7, 11) is 1.46. The molecule has 1 amide bonds. The minimum absolute atomic E-state index is 0.201. The molecule has 6 aromatic rings. The van der Waals surface area contributed by atoms with Crippen LogP contribution in [-0.2, 0) is 4.79 Å². The molecule has 2 heterocycles. The van der Waals surface area contributed by atoms with Gasteiger partial charge in [-0.25, -0.2) is 9.37 Å². The number of fused-ring (bicyclic) bond motifs is 2. The fourth-order valence-corrected chi connectivity index (χ4v) is 5.04. The molecule has 0 radical (unpaired) electrons. The Labute approximate surface area is 262 Å². The molecule has 0 spiro atoms. The molecule has 0 fully saturated rings. The smallest absolute Gasteiger partial charge is 0.282 e. The summed E-state index contributed by atoms with van der Waals surface area (Å²) >= 11 is 9.67. The Balaban J connectivity index is 1.31. The Hall–Kier alpha value is -5.00. The molecule has 44 heavy (non-hydrogen) atoms. The van der Waals surface area contributed by atoms with Crippen molar-refractivity contribution in [2.45, 2.75) is 0 Å². The van der Waals surface area contributed by atoms with Crippen molar-refractivity contribution in [3.8, 4) is 23.1 Å². The molecule has 0 atom stereocenters. The van der Waals surface area contributed by atoms with Crippen LogP contribution in [0.5, 0.6) is 11.5 Å². The lowest BCUT2D eigenvalue weighted by Gasteiger charge is -2.13. The summed E-state index contributed by atoms with van der Waals surface area (Å²) in [4.78, 5) is 30.7. The summed E-state index contributed by atoms with van der Waals surface area (Å²) in [6.45, 7) is -0.322. The first kappa shape index (κ1) is 29.1. The maximum absolute atomic E-state index is 13.6. The maximum Gasteiger partial charge on any atom is 0.282 e. The number of nitrogens with zero attached hydrogens (tertiary/aromatic N) is 3. The molecule has 4 aromatic carbocycles. The molecule has 1 N–H and O–H groups in total. The van der Waals surface area contributed by atoms with Crippen molar-refractivity contribution in [3.63, 3.8) is 0 Å². The lowest BCUT2D eigenvalue weighted by atomic mass is 10.2. The van der Waals surface area contributed by atoms with Crippen molar-refractivity contribution in [2.24, 2.45) is 5.10 Å². The number of carbonyl (C=O) groups excluding carboxylic acids is 1. The number of ether oxygens (including phenoxy) is 2. The Morgan fingerprint density at radius 2 is 1.89 bits per heavy atom. The summed E-state index contributed by atoms with van der Waals surface area (Å²) in [5.74, 6) is 0.299. The molecular formula is C32H21BrClFN4O5. The molecule has 0 aliphatic rings. The highest BCUT2D eigenvalue weighted by Gasteiger charge is 2.17. The number of amides is 1. The van der Waals surface area contributed by atoms with Gasteiger partial charge in [0.1, 0.15) is 11.4 Å². The lowest BCUT2D eigenvalue weighted by Crippen LogP contribution is -2.20. The average Bonchev–Trinajstić information content (AvgIpc) is 3.44. The number of para-hydroxylation sites is 1. The van der Waals surface area contributed by atoms with Gasteiger partial charge >= 0.3 is 0 Å². The maximum atomic E-state index is 13.6. The van der Waals surface area contributed by atoms with Crippen LogP contribution in [0.25, 0.3) is 33.5 Å². The fourth-order valence-electron chi connectivity index (χ4n) is 4.43. The second kappa shape index (κ2) is 12.3. The first-order valence-corrected chi connectivity index (χ1v) is 14.3. The zero-order chi connectivity index (χ0) is 30.8.